The number of nitrogens with one attached hydrogen (secondary N) is 1. The standard InChI is InChI=1S/C25H32N2O4/c1-4-13-31-23-12-11-21(15-24(23)29-3)17-27(18-22-6-5-14-30-22)25(28)26-16-20-9-7-19(2)8-10-20/h4,7-12,15,22H,1,5-6,13-14,16-18H2,2-3H3,(H,26,28)/t22-/m0/s1. The topological polar surface area (TPSA) is 60.0 Å². The molecule has 0 unspecified atom stereocenters. The first-order chi connectivity index (χ1) is 15.1. The number of benzene rings is 2. The Morgan fingerprint density at radius 2 is 2.00 bits per heavy atom. The molecule has 31 heavy (non-hydrogen) atoms. The molecule has 1 atom stereocenters. The zero-order chi connectivity index (χ0) is 22.1. The SMILES string of the molecule is C=CCOc1ccc(CN(C[C@@H]2CCCO2)C(=O)NCc2ccc(C)cc2)cc1OC. The lowest BCUT2D eigenvalue weighted by Crippen LogP contribution is -2.43. The number of carbonyl (C=O) groups excluding carboxylic acids is 1. The third kappa shape index (κ3) is 6.76. The van der Waals surface area contributed by atoms with E-state index in [0.717, 1.165) is 30.6 Å². The summed E-state index contributed by atoms with van der Waals surface area (Å²) in [6, 6.07) is 13.8. The van der Waals surface area contributed by atoms with Gasteiger partial charge in [0.1, 0.15) is 6.61 Å². The fourth-order valence-electron chi connectivity index (χ4n) is 3.55. The van der Waals surface area contributed by atoms with Crippen LogP contribution < -0.4 is 14.8 Å². The number of hydrogen-bond acceptors (Lipinski definition) is 4. The summed E-state index contributed by atoms with van der Waals surface area (Å²) in [5.74, 6) is 1.29. The lowest BCUT2D eigenvalue weighted by atomic mass is 10.1. The molecule has 1 fully saturated rings. The van der Waals surface area contributed by atoms with Crippen LogP contribution in [-0.2, 0) is 17.8 Å². The largest absolute Gasteiger partial charge is 0.493 e. The number of urea groups is 1. The van der Waals surface area contributed by atoms with E-state index in [-0.39, 0.29) is 12.1 Å². The molecule has 6 nitrogen and oxygen atoms in total. The highest BCUT2D eigenvalue weighted by molar-refractivity contribution is 5.74. The smallest absolute Gasteiger partial charge is 0.318 e. The summed E-state index contributed by atoms with van der Waals surface area (Å²) in [5, 5.41) is 3.05. The van der Waals surface area contributed by atoms with Crippen LogP contribution >= 0.6 is 0 Å². The second kappa shape index (κ2) is 11.4. The van der Waals surface area contributed by atoms with Gasteiger partial charge in [0.25, 0.3) is 0 Å². The molecule has 0 aliphatic carbocycles. The number of ether oxygens (including phenoxy) is 3. The maximum Gasteiger partial charge on any atom is 0.318 e. The molecule has 3 rings (SSSR count). The summed E-state index contributed by atoms with van der Waals surface area (Å²) in [5.41, 5.74) is 3.23. The van der Waals surface area contributed by atoms with Gasteiger partial charge in [0.15, 0.2) is 11.5 Å². The Hall–Kier alpha value is -2.99. The third-order valence-electron chi connectivity index (χ3n) is 5.26. The van der Waals surface area contributed by atoms with E-state index in [0.29, 0.717) is 37.7 Å². The predicted molar refractivity (Wildman–Crippen MR) is 121 cm³/mol. The number of methoxy groups -OCH3 is 1. The average Bonchev–Trinajstić information content (AvgIpc) is 3.30. The van der Waals surface area contributed by atoms with Crippen molar-refractivity contribution in [3.8, 4) is 11.5 Å². The van der Waals surface area contributed by atoms with E-state index >= 15 is 0 Å². The van der Waals surface area contributed by atoms with Crippen molar-refractivity contribution in [3.05, 3.63) is 71.8 Å². The number of rotatable bonds is 10. The molecular formula is C25H32N2O4. The van der Waals surface area contributed by atoms with Crippen molar-refractivity contribution in [1.29, 1.82) is 0 Å². The van der Waals surface area contributed by atoms with Crippen molar-refractivity contribution >= 4 is 6.03 Å². The lowest BCUT2D eigenvalue weighted by molar-refractivity contribution is 0.0794. The van der Waals surface area contributed by atoms with Crippen LogP contribution in [0, 0.1) is 6.92 Å². The van der Waals surface area contributed by atoms with Crippen LogP contribution in [0.3, 0.4) is 0 Å². The van der Waals surface area contributed by atoms with Crippen LogP contribution in [0.15, 0.2) is 55.1 Å². The molecule has 1 aliphatic rings. The van der Waals surface area contributed by atoms with Gasteiger partial charge in [-0.05, 0) is 43.0 Å². The van der Waals surface area contributed by atoms with Crippen molar-refractivity contribution < 1.29 is 19.0 Å². The number of hydrogen-bond donors (Lipinski definition) is 1. The van der Waals surface area contributed by atoms with Gasteiger partial charge >= 0.3 is 6.03 Å². The Bertz CT molecular complexity index is 860. The van der Waals surface area contributed by atoms with Gasteiger partial charge in [-0.3, -0.25) is 0 Å². The van der Waals surface area contributed by atoms with Gasteiger partial charge in [-0.25, -0.2) is 4.79 Å². The molecule has 0 bridgehead atoms. The summed E-state index contributed by atoms with van der Waals surface area (Å²) in [4.78, 5) is 14.8. The third-order valence-corrected chi connectivity index (χ3v) is 5.26. The minimum Gasteiger partial charge on any atom is -0.493 e. The maximum atomic E-state index is 13.0. The van der Waals surface area contributed by atoms with Gasteiger partial charge in [-0.2, -0.15) is 0 Å². The van der Waals surface area contributed by atoms with Crippen LogP contribution in [0.2, 0.25) is 0 Å². The lowest BCUT2D eigenvalue weighted by Gasteiger charge is -2.26. The van der Waals surface area contributed by atoms with E-state index in [9.17, 15) is 4.79 Å². The molecule has 2 aromatic carbocycles. The van der Waals surface area contributed by atoms with Crippen molar-refractivity contribution in [2.75, 3.05) is 26.9 Å². The Balaban J connectivity index is 1.69. The molecule has 0 saturated carbocycles. The molecular weight excluding hydrogens is 392 g/mol. The van der Waals surface area contributed by atoms with Gasteiger partial charge in [-0.1, -0.05) is 48.6 Å². The second-order valence-electron chi connectivity index (χ2n) is 7.74. The fraction of sp³-hybridized carbons (Fsp3) is 0.400. The van der Waals surface area contributed by atoms with Crippen LogP contribution in [0.25, 0.3) is 0 Å². The molecule has 1 heterocycles. The van der Waals surface area contributed by atoms with Crippen LogP contribution in [0.5, 0.6) is 11.5 Å². The zero-order valence-corrected chi connectivity index (χ0v) is 18.4. The highest BCUT2D eigenvalue weighted by atomic mass is 16.5. The normalized spacial score (nSPS) is 15.4. The maximum absolute atomic E-state index is 13.0. The van der Waals surface area contributed by atoms with Gasteiger partial charge < -0.3 is 24.4 Å². The Labute approximate surface area is 184 Å². The van der Waals surface area contributed by atoms with Crippen molar-refractivity contribution in [2.24, 2.45) is 0 Å². The first-order valence-corrected chi connectivity index (χ1v) is 10.7. The number of amides is 2. The van der Waals surface area contributed by atoms with Gasteiger partial charge in [0.2, 0.25) is 0 Å². The monoisotopic (exact) mass is 424 g/mol. The number of carbonyl (C=O) groups is 1. The number of nitrogens with zero attached hydrogens (tertiary/aromatic N) is 1. The van der Waals surface area contributed by atoms with E-state index in [1.165, 1.54) is 5.56 Å². The molecule has 0 radical (unpaired) electrons. The number of aryl methyl sites for hydroxylation is 1. The Morgan fingerprint density at radius 1 is 1.23 bits per heavy atom. The Morgan fingerprint density at radius 3 is 2.68 bits per heavy atom. The van der Waals surface area contributed by atoms with E-state index in [2.05, 4.69) is 11.9 Å². The predicted octanol–water partition coefficient (Wildman–Crippen LogP) is 4.46. The van der Waals surface area contributed by atoms with Crippen LogP contribution in [-0.4, -0.2) is 43.9 Å². The molecule has 2 aromatic rings. The zero-order valence-electron chi connectivity index (χ0n) is 18.4. The molecule has 0 aromatic heterocycles. The summed E-state index contributed by atoms with van der Waals surface area (Å²) in [6.45, 7) is 8.38. The van der Waals surface area contributed by atoms with E-state index in [1.54, 1.807) is 13.2 Å². The van der Waals surface area contributed by atoms with Gasteiger partial charge in [0, 0.05) is 26.2 Å². The first kappa shape index (κ1) is 22.7. The fourth-order valence-corrected chi connectivity index (χ4v) is 3.55. The summed E-state index contributed by atoms with van der Waals surface area (Å²) < 4.78 is 16.9. The molecule has 0 spiro atoms. The highest BCUT2D eigenvalue weighted by Crippen LogP contribution is 2.29. The Kier molecular flexibility index (Phi) is 8.35. The molecule has 1 N–H and O–H groups in total. The summed E-state index contributed by atoms with van der Waals surface area (Å²) in [6.07, 6.45) is 3.77. The minimum atomic E-state index is -0.109. The first-order valence-electron chi connectivity index (χ1n) is 10.7. The molecule has 6 heteroatoms. The average molecular weight is 425 g/mol. The van der Waals surface area contributed by atoms with Crippen molar-refractivity contribution in [1.82, 2.24) is 10.2 Å². The van der Waals surface area contributed by atoms with Crippen LogP contribution in [0.1, 0.15) is 29.5 Å². The van der Waals surface area contributed by atoms with Crippen molar-refractivity contribution in [2.45, 2.75) is 39.0 Å². The summed E-state index contributed by atoms with van der Waals surface area (Å²) >= 11 is 0. The quantitative estimate of drug-likeness (QED) is 0.572. The highest BCUT2D eigenvalue weighted by Gasteiger charge is 2.23. The van der Waals surface area contributed by atoms with E-state index < -0.39 is 0 Å². The molecule has 1 aliphatic heterocycles. The molecule has 2 amide bonds. The van der Waals surface area contributed by atoms with E-state index in [4.69, 9.17) is 14.2 Å². The molecule has 166 valence electrons. The van der Waals surface area contributed by atoms with Crippen molar-refractivity contribution in [3.63, 3.8) is 0 Å². The van der Waals surface area contributed by atoms with Crippen LogP contribution in [0.4, 0.5) is 4.79 Å². The van der Waals surface area contributed by atoms with Gasteiger partial charge in [0.05, 0.1) is 13.2 Å². The summed E-state index contributed by atoms with van der Waals surface area (Å²) in [7, 11) is 1.61. The second-order valence-corrected chi connectivity index (χ2v) is 7.74. The van der Waals surface area contributed by atoms with Gasteiger partial charge in [-0.15, -0.1) is 0 Å². The minimum absolute atomic E-state index is 0.0715. The molecule has 1 saturated heterocycles. The van der Waals surface area contributed by atoms with E-state index in [1.807, 2.05) is 54.3 Å².